The molecule has 168 valence electrons. The number of halogens is 1. The van der Waals surface area contributed by atoms with Gasteiger partial charge in [0.1, 0.15) is 11.9 Å². The van der Waals surface area contributed by atoms with Gasteiger partial charge in [-0.1, -0.05) is 48.9 Å². The first kappa shape index (κ1) is 24.9. The highest BCUT2D eigenvalue weighted by Crippen LogP contribution is 2.18. The van der Waals surface area contributed by atoms with Crippen molar-refractivity contribution in [2.24, 2.45) is 0 Å². The molecule has 0 radical (unpaired) electrons. The average molecular weight is 445 g/mol. The number of nitrogens with zero attached hydrogens (tertiary/aromatic N) is 1. The van der Waals surface area contributed by atoms with Crippen LogP contribution in [0.25, 0.3) is 0 Å². The molecule has 1 unspecified atom stereocenters. The molecule has 1 N–H and O–H groups in total. The summed E-state index contributed by atoms with van der Waals surface area (Å²) in [6, 6.07) is 13.8. The highest BCUT2D eigenvalue weighted by atomic mass is 32.2. The van der Waals surface area contributed by atoms with Gasteiger partial charge in [0.2, 0.25) is 11.8 Å². The Bertz CT molecular complexity index is 878. The Kier molecular flexibility index (Phi) is 9.11. The van der Waals surface area contributed by atoms with Crippen LogP contribution in [0, 0.1) is 12.7 Å². The van der Waals surface area contributed by atoms with Gasteiger partial charge in [0.05, 0.1) is 5.75 Å². The van der Waals surface area contributed by atoms with E-state index in [1.807, 2.05) is 58.9 Å². The van der Waals surface area contributed by atoms with E-state index in [1.165, 1.54) is 23.9 Å². The summed E-state index contributed by atoms with van der Waals surface area (Å²) < 4.78 is 13.1. The molecule has 0 fully saturated rings. The number of aryl methyl sites for hydroxylation is 1. The molecular formula is C25H33FN2O2S. The van der Waals surface area contributed by atoms with Crippen molar-refractivity contribution in [2.75, 3.05) is 5.75 Å². The van der Waals surface area contributed by atoms with Gasteiger partial charge in [0.25, 0.3) is 0 Å². The van der Waals surface area contributed by atoms with Crippen LogP contribution in [0.2, 0.25) is 0 Å². The lowest BCUT2D eigenvalue weighted by molar-refractivity contribution is -0.140. The maximum atomic E-state index is 13.2. The Hall–Kier alpha value is -2.34. The minimum absolute atomic E-state index is 0.0791. The molecule has 4 nitrogen and oxygen atoms in total. The van der Waals surface area contributed by atoms with E-state index in [0.29, 0.717) is 18.7 Å². The molecule has 1 atom stereocenters. The smallest absolute Gasteiger partial charge is 0.243 e. The van der Waals surface area contributed by atoms with Gasteiger partial charge in [-0.05, 0) is 57.4 Å². The number of nitrogens with one attached hydrogen (secondary N) is 1. The van der Waals surface area contributed by atoms with Gasteiger partial charge < -0.3 is 10.2 Å². The number of carbonyl (C=O) groups is 2. The lowest BCUT2D eigenvalue weighted by Crippen LogP contribution is -2.53. The minimum Gasteiger partial charge on any atom is -0.350 e. The molecule has 2 aromatic rings. The maximum Gasteiger partial charge on any atom is 0.243 e. The molecular weight excluding hydrogens is 411 g/mol. The van der Waals surface area contributed by atoms with Gasteiger partial charge in [0.15, 0.2) is 0 Å². The predicted molar refractivity (Wildman–Crippen MR) is 126 cm³/mol. The van der Waals surface area contributed by atoms with Crippen LogP contribution in [-0.2, 0) is 21.9 Å². The summed E-state index contributed by atoms with van der Waals surface area (Å²) in [5.74, 6) is 0.367. The van der Waals surface area contributed by atoms with Crippen molar-refractivity contribution in [1.29, 1.82) is 0 Å². The number of hydrogen-bond acceptors (Lipinski definition) is 3. The number of benzene rings is 2. The van der Waals surface area contributed by atoms with Gasteiger partial charge in [0, 0.05) is 17.8 Å². The zero-order valence-electron chi connectivity index (χ0n) is 19.1. The van der Waals surface area contributed by atoms with E-state index in [9.17, 15) is 14.0 Å². The summed E-state index contributed by atoms with van der Waals surface area (Å²) in [4.78, 5) is 27.9. The third-order valence-corrected chi connectivity index (χ3v) is 5.72. The molecule has 0 saturated carbocycles. The molecule has 2 aromatic carbocycles. The van der Waals surface area contributed by atoms with Gasteiger partial charge in [-0.2, -0.15) is 0 Å². The van der Waals surface area contributed by atoms with Gasteiger partial charge in [-0.3, -0.25) is 9.59 Å². The zero-order chi connectivity index (χ0) is 23.0. The third-order valence-electron chi connectivity index (χ3n) is 4.73. The Morgan fingerprint density at radius 3 is 2.35 bits per heavy atom. The summed E-state index contributed by atoms with van der Waals surface area (Å²) in [7, 11) is 0. The van der Waals surface area contributed by atoms with E-state index in [2.05, 4.69) is 5.32 Å². The SMILES string of the molecule is CCC(C(=O)NC(C)(C)C)N(Cc1cccc(C)c1)C(=O)CSCc1ccc(F)cc1. The van der Waals surface area contributed by atoms with Gasteiger partial charge in [-0.15, -0.1) is 11.8 Å². The van der Waals surface area contributed by atoms with Crippen LogP contribution < -0.4 is 5.32 Å². The standard InChI is InChI=1S/C25H33FN2O2S/c1-6-22(24(30)27-25(3,4)5)28(15-20-9-7-8-18(2)14-20)23(29)17-31-16-19-10-12-21(26)13-11-19/h7-14,22H,6,15-17H2,1-5H3,(H,27,30). The number of amides is 2. The molecule has 2 amide bonds. The summed E-state index contributed by atoms with van der Waals surface area (Å²) in [6.45, 7) is 10.1. The number of carbonyl (C=O) groups excluding carboxylic acids is 2. The van der Waals surface area contributed by atoms with Crippen LogP contribution in [0.1, 0.15) is 50.8 Å². The topological polar surface area (TPSA) is 49.4 Å². The fraction of sp³-hybridized carbons (Fsp3) is 0.440. The lowest BCUT2D eigenvalue weighted by Gasteiger charge is -2.33. The Morgan fingerprint density at radius 2 is 1.77 bits per heavy atom. The monoisotopic (exact) mass is 444 g/mol. The van der Waals surface area contributed by atoms with E-state index in [-0.39, 0.29) is 28.9 Å². The number of thioether (sulfide) groups is 1. The first-order valence-electron chi connectivity index (χ1n) is 10.6. The largest absolute Gasteiger partial charge is 0.350 e. The van der Waals surface area contributed by atoms with Crippen molar-refractivity contribution in [1.82, 2.24) is 10.2 Å². The lowest BCUT2D eigenvalue weighted by atomic mass is 10.1. The summed E-state index contributed by atoms with van der Waals surface area (Å²) in [6.07, 6.45) is 0.530. The maximum absolute atomic E-state index is 13.2. The molecule has 0 heterocycles. The highest BCUT2D eigenvalue weighted by Gasteiger charge is 2.30. The molecule has 6 heteroatoms. The normalized spacial score (nSPS) is 12.3. The Balaban J connectivity index is 2.15. The van der Waals surface area contributed by atoms with E-state index in [1.54, 1.807) is 17.0 Å². The van der Waals surface area contributed by atoms with Crippen molar-refractivity contribution >= 4 is 23.6 Å². The number of rotatable bonds is 9. The van der Waals surface area contributed by atoms with Crippen LogP contribution in [0.5, 0.6) is 0 Å². The van der Waals surface area contributed by atoms with E-state index in [4.69, 9.17) is 0 Å². The Morgan fingerprint density at radius 1 is 1.10 bits per heavy atom. The van der Waals surface area contributed by atoms with Crippen LogP contribution >= 0.6 is 11.8 Å². The molecule has 0 bridgehead atoms. The zero-order valence-corrected chi connectivity index (χ0v) is 19.9. The molecule has 2 rings (SSSR count). The molecule has 31 heavy (non-hydrogen) atoms. The quantitative estimate of drug-likeness (QED) is 0.586. The molecule has 0 aliphatic heterocycles. The van der Waals surface area contributed by atoms with E-state index >= 15 is 0 Å². The fourth-order valence-electron chi connectivity index (χ4n) is 3.30. The third kappa shape index (κ3) is 8.37. The fourth-order valence-corrected chi connectivity index (χ4v) is 4.17. The highest BCUT2D eigenvalue weighted by molar-refractivity contribution is 7.99. The van der Waals surface area contributed by atoms with Crippen LogP contribution in [-0.4, -0.2) is 34.0 Å². The van der Waals surface area contributed by atoms with Crippen molar-refractivity contribution in [3.8, 4) is 0 Å². The second-order valence-electron chi connectivity index (χ2n) is 8.79. The number of hydrogen-bond donors (Lipinski definition) is 1. The van der Waals surface area contributed by atoms with Crippen LogP contribution in [0.3, 0.4) is 0 Å². The first-order chi connectivity index (χ1) is 14.6. The van der Waals surface area contributed by atoms with Crippen LogP contribution in [0.15, 0.2) is 48.5 Å². The Labute approximate surface area is 189 Å². The van der Waals surface area contributed by atoms with Gasteiger partial charge >= 0.3 is 0 Å². The minimum atomic E-state index is -0.543. The molecule has 0 aliphatic carbocycles. The molecule has 0 spiro atoms. The van der Waals surface area contributed by atoms with E-state index < -0.39 is 6.04 Å². The van der Waals surface area contributed by atoms with E-state index in [0.717, 1.165) is 16.7 Å². The van der Waals surface area contributed by atoms with Crippen molar-refractivity contribution in [3.05, 3.63) is 71.0 Å². The summed E-state index contributed by atoms with van der Waals surface area (Å²) >= 11 is 1.47. The van der Waals surface area contributed by atoms with Crippen molar-refractivity contribution in [3.63, 3.8) is 0 Å². The molecule has 0 saturated heterocycles. The summed E-state index contributed by atoms with van der Waals surface area (Å²) in [5, 5.41) is 3.01. The predicted octanol–water partition coefficient (Wildman–Crippen LogP) is 5.09. The molecule has 0 aliphatic rings. The second-order valence-corrected chi connectivity index (χ2v) is 9.78. The van der Waals surface area contributed by atoms with Crippen LogP contribution in [0.4, 0.5) is 4.39 Å². The first-order valence-corrected chi connectivity index (χ1v) is 11.7. The average Bonchev–Trinajstić information content (AvgIpc) is 2.68. The van der Waals surface area contributed by atoms with Gasteiger partial charge in [-0.25, -0.2) is 4.39 Å². The second kappa shape index (κ2) is 11.3. The summed E-state index contributed by atoms with van der Waals surface area (Å²) in [5.41, 5.74) is 2.70. The van der Waals surface area contributed by atoms with Crippen molar-refractivity contribution < 1.29 is 14.0 Å². The molecule has 0 aromatic heterocycles. The van der Waals surface area contributed by atoms with Crippen molar-refractivity contribution in [2.45, 2.75) is 64.9 Å².